The van der Waals surface area contributed by atoms with Crippen LogP contribution < -0.4 is 0 Å². The summed E-state index contributed by atoms with van der Waals surface area (Å²) in [7, 11) is 1.35. The number of amides is 1. The van der Waals surface area contributed by atoms with Gasteiger partial charge >= 0.3 is 5.97 Å². The lowest BCUT2D eigenvalue weighted by molar-refractivity contribution is -0.150. The van der Waals surface area contributed by atoms with Crippen LogP contribution in [0.25, 0.3) is 0 Å². The van der Waals surface area contributed by atoms with E-state index in [2.05, 4.69) is 12.1 Å². The predicted octanol–water partition coefficient (Wildman–Crippen LogP) is 2.20. The molecule has 0 aliphatic heterocycles. The molecule has 1 aromatic rings. The molecule has 0 fully saturated rings. The molecule has 1 amide bonds. The first kappa shape index (κ1) is 15.5. The van der Waals surface area contributed by atoms with E-state index in [0.29, 0.717) is 0 Å². The van der Waals surface area contributed by atoms with Gasteiger partial charge in [0.05, 0.1) is 7.11 Å². The van der Waals surface area contributed by atoms with Crippen molar-refractivity contribution in [3.05, 3.63) is 35.4 Å². The number of ether oxygens (including phenoxy) is 1. The SMILES string of the molecule is COC(=O)CN(C(=O)C1CCc2ccccc2C1)C(C)C. The molecule has 0 saturated heterocycles. The largest absolute Gasteiger partial charge is 0.468 e. The quantitative estimate of drug-likeness (QED) is 0.798. The summed E-state index contributed by atoms with van der Waals surface area (Å²) in [6.07, 6.45) is 2.54. The normalized spacial score (nSPS) is 17.2. The number of nitrogens with zero attached hydrogens (tertiary/aromatic N) is 1. The molecular weight excluding hydrogens is 266 g/mol. The van der Waals surface area contributed by atoms with Gasteiger partial charge in [-0.05, 0) is 44.2 Å². The van der Waals surface area contributed by atoms with Gasteiger partial charge in [-0.3, -0.25) is 9.59 Å². The molecule has 0 spiro atoms. The highest BCUT2D eigenvalue weighted by Gasteiger charge is 2.30. The number of hydrogen-bond donors (Lipinski definition) is 0. The molecule has 2 rings (SSSR count). The molecule has 21 heavy (non-hydrogen) atoms. The van der Waals surface area contributed by atoms with Gasteiger partial charge in [0.2, 0.25) is 5.91 Å². The molecule has 4 nitrogen and oxygen atoms in total. The van der Waals surface area contributed by atoms with E-state index < -0.39 is 0 Å². The van der Waals surface area contributed by atoms with Gasteiger partial charge in [-0.2, -0.15) is 0 Å². The molecular formula is C17H23NO3. The molecule has 4 heteroatoms. The summed E-state index contributed by atoms with van der Waals surface area (Å²) >= 11 is 0. The third kappa shape index (κ3) is 3.63. The van der Waals surface area contributed by atoms with Crippen molar-refractivity contribution in [2.24, 2.45) is 5.92 Å². The van der Waals surface area contributed by atoms with Crippen LogP contribution in [-0.2, 0) is 27.2 Å². The monoisotopic (exact) mass is 289 g/mol. The minimum atomic E-state index is -0.367. The van der Waals surface area contributed by atoms with Gasteiger partial charge in [0.15, 0.2) is 0 Å². The first-order chi connectivity index (χ1) is 10.0. The van der Waals surface area contributed by atoms with Crippen molar-refractivity contribution in [3.63, 3.8) is 0 Å². The Balaban J connectivity index is 2.10. The zero-order chi connectivity index (χ0) is 15.4. The predicted molar refractivity (Wildman–Crippen MR) is 80.8 cm³/mol. The van der Waals surface area contributed by atoms with E-state index in [1.807, 2.05) is 26.0 Å². The fourth-order valence-electron chi connectivity index (χ4n) is 2.86. The summed E-state index contributed by atoms with van der Waals surface area (Å²) < 4.78 is 4.69. The van der Waals surface area contributed by atoms with Crippen LogP contribution in [0, 0.1) is 5.92 Å². The van der Waals surface area contributed by atoms with E-state index in [4.69, 9.17) is 4.74 Å². The molecule has 1 unspecified atom stereocenters. The van der Waals surface area contributed by atoms with E-state index >= 15 is 0 Å². The van der Waals surface area contributed by atoms with Gasteiger partial charge in [0.25, 0.3) is 0 Å². The number of fused-ring (bicyclic) bond motifs is 1. The van der Waals surface area contributed by atoms with Crippen molar-refractivity contribution in [2.75, 3.05) is 13.7 Å². The van der Waals surface area contributed by atoms with Crippen molar-refractivity contribution >= 4 is 11.9 Å². The molecule has 0 radical (unpaired) electrons. The van der Waals surface area contributed by atoms with Gasteiger partial charge in [-0.25, -0.2) is 0 Å². The molecule has 1 aliphatic carbocycles. The molecule has 0 N–H and O–H groups in total. The highest BCUT2D eigenvalue weighted by Crippen LogP contribution is 2.27. The van der Waals surface area contributed by atoms with Crippen LogP contribution in [0.2, 0.25) is 0 Å². The number of benzene rings is 1. The fourth-order valence-corrected chi connectivity index (χ4v) is 2.86. The van der Waals surface area contributed by atoms with Crippen LogP contribution >= 0.6 is 0 Å². The van der Waals surface area contributed by atoms with Crippen molar-refractivity contribution in [1.82, 2.24) is 4.90 Å². The van der Waals surface area contributed by atoms with Crippen LogP contribution in [0.3, 0.4) is 0 Å². The Morgan fingerprint density at radius 2 is 1.95 bits per heavy atom. The Labute approximate surface area is 126 Å². The number of aryl methyl sites for hydroxylation is 1. The molecule has 1 aliphatic rings. The lowest BCUT2D eigenvalue weighted by atomic mass is 9.83. The number of hydrogen-bond acceptors (Lipinski definition) is 3. The third-order valence-corrected chi connectivity index (χ3v) is 4.13. The second-order valence-electron chi connectivity index (χ2n) is 5.84. The summed E-state index contributed by atoms with van der Waals surface area (Å²) in [6.45, 7) is 3.89. The summed E-state index contributed by atoms with van der Waals surface area (Å²) in [4.78, 5) is 25.8. The summed E-state index contributed by atoms with van der Waals surface area (Å²) in [5.74, 6) is -0.342. The molecule has 0 heterocycles. The second kappa shape index (κ2) is 6.74. The van der Waals surface area contributed by atoms with E-state index in [-0.39, 0.29) is 30.4 Å². The molecule has 1 atom stereocenters. The smallest absolute Gasteiger partial charge is 0.325 e. The summed E-state index contributed by atoms with van der Waals surface area (Å²) in [6, 6.07) is 8.27. The fraction of sp³-hybridized carbons (Fsp3) is 0.529. The van der Waals surface area contributed by atoms with E-state index in [9.17, 15) is 9.59 Å². The maximum atomic E-state index is 12.7. The number of methoxy groups -OCH3 is 1. The minimum absolute atomic E-state index is 0.00577. The van der Waals surface area contributed by atoms with E-state index in [1.165, 1.54) is 18.2 Å². The zero-order valence-electron chi connectivity index (χ0n) is 13.0. The summed E-state index contributed by atoms with van der Waals surface area (Å²) in [5.41, 5.74) is 2.59. The lowest BCUT2D eigenvalue weighted by Gasteiger charge is -2.32. The molecule has 0 saturated carbocycles. The number of esters is 1. The Morgan fingerprint density at radius 1 is 1.29 bits per heavy atom. The van der Waals surface area contributed by atoms with E-state index in [0.717, 1.165) is 19.3 Å². The zero-order valence-corrected chi connectivity index (χ0v) is 13.0. The van der Waals surface area contributed by atoms with Crippen molar-refractivity contribution in [3.8, 4) is 0 Å². The van der Waals surface area contributed by atoms with Crippen LogP contribution in [0.4, 0.5) is 0 Å². The standard InChI is InChI=1S/C17H23NO3/c1-12(2)18(11-16(19)21-3)17(20)15-9-8-13-6-4-5-7-14(13)10-15/h4-7,12,15H,8-11H2,1-3H3. The van der Waals surface area contributed by atoms with Gasteiger partial charge in [-0.1, -0.05) is 24.3 Å². The van der Waals surface area contributed by atoms with Crippen LogP contribution in [0.5, 0.6) is 0 Å². The highest BCUT2D eigenvalue weighted by molar-refractivity contribution is 5.84. The molecule has 114 valence electrons. The van der Waals surface area contributed by atoms with Gasteiger partial charge < -0.3 is 9.64 Å². The Morgan fingerprint density at radius 3 is 2.57 bits per heavy atom. The van der Waals surface area contributed by atoms with Gasteiger partial charge in [0, 0.05) is 12.0 Å². The topological polar surface area (TPSA) is 46.6 Å². The average Bonchev–Trinajstić information content (AvgIpc) is 2.50. The second-order valence-corrected chi connectivity index (χ2v) is 5.84. The van der Waals surface area contributed by atoms with Crippen molar-refractivity contribution in [2.45, 2.75) is 39.2 Å². The maximum absolute atomic E-state index is 12.7. The van der Waals surface area contributed by atoms with E-state index in [1.54, 1.807) is 4.90 Å². The van der Waals surface area contributed by atoms with Crippen LogP contribution in [-0.4, -0.2) is 36.5 Å². The molecule has 0 aromatic heterocycles. The van der Waals surface area contributed by atoms with Crippen LogP contribution in [0.1, 0.15) is 31.4 Å². The molecule has 1 aromatic carbocycles. The van der Waals surface area contributed by atoms with Crippen molar-refractivity contribution in [1.29, 1.82) is 0 Å². The van der Waals surface area contributed by atoms with Gasteiger partial charge in [-0.15, -0.1) is 0 Å². The Hall–Kier alpha value is -1.84. The molecule has 0 bridgehead atoms. The van der Waals surface area contributed by atoms with Gasteiger partial charge in [0.1, 0.15) is 6.54 Å². The van der Waals surface area contributed by atoms with Crippen molar-refractivity contribution < 1.29 is 14.3 Å². The minimum Gasteiger partial charge on any atom is -0.468 e. The summed E-state index contributed by atoms with van der Waals surface area (Å²) in [5, 5.41) is 0. The maximum Gasteiger partial charge on any atom is 0.325 e. The Kier molecular flexibility index (Phi) is 4.99. The first-order valence-electron chi connectivity index (χ1n) is 7.47. The Bertz CT molecular complexity index is 525. The number of carbonyl (C=O) groups excluding carboxylic acids is 2. The number of rotatable bonds is 4. The first-order valence-corrected chi connectivity index (χ1v) is 7.47. The number of carbonyl (C=O) groups is 2. The van der Waals surface area contributed by atoms with Crippen LogP contribution in [0.15, 0.2) is 24.3 Å². The average molecular weight is 289 g/mol. The highest BCUT2D eigenvalue weighted by atomic mass is 16.5. The lowest BCUT2D eigenvalue weighted by Crippen LogP contribution is -2.45. The third-order valence-electron chi connectivity index (χ3n) is 4.13.